The van der Waals surface area contributed by atoms with Gasteiger partial charge in [-0.05, 0) is 38.1 Å². The van der Waals surface area contributed by atoms with Gasteiger partial charge in [0.25, 0.3) is 5.91 Å². The molecule has 0 saturated carbocycles. The van der Waals surface area contributed by atoms with Gasteiger partial charge in [0.1, 0.15) is 0 Å². The molecule has 4 rings (SSSR count). The van der Waals surface area contributed by atoms with Crippen molar-refractivity contribution in [3.8, 4) is 17.1 Å². The number of aromatic nitrogens is 4. The summed E-state index contributed by atoms with van der Waals surface area (Å²) in [5.41, 5.74) is 7.43. The van der Waals surface area contributed by atoms with Crippen LogP contribution in [0, 0.1) is 13.8 Å². The zero-order valence-electron chi connectivity index (χ0n) is 17.8. The van der Waals surface area contributed by atoms with Crippen molar-refractivity contribution in [2.75, 3.05) is 5.75 Å². The summed E-state index contributed by atoms with van der Waals surface area (Å²) in [6, 6.07) is 21.8. The van der Waals surface area contributed by atoms with Gasteiger partial charge in [-0.3, -0.25) is 14.3 Å². The van der Waals surface area contributed by atoms with Crippen LogP contribution >= 0.6 is 11.8 Å². The molecule has 4 aromatic rings. The molecule has 0 saturated heterocycles. The number of pyridine rings is 1. The second kappa shape index (κ2) is 10.0. The molecule has 2 aromatic heterocycles. The average Bonchev–Trinajstić information content (AvgIpc) is 3.23. The van der Waals surface area contributed by atoms with Gasteiger partial charge in [0.15, 0.2) is 11.0 Å². The normalized spacial score (nSPS) is 11.1. The van der Waals surface area contributed by atoms with Crippen LogP contribution in [0.4, 0.5) is 0 Å². The lowest BCUT2D eigenvalue weighted by Crippen LogP contribution is -2.20. The Bertz CT molecular complexity index is 1220. The largest absolute Gasteiger partial charge is 0.272 e. The molecular formula is C24H22N6OS. The van der Waals surface area contributed by atoms with E-state index in [0.29, 0.717) is 10.9 Å². The number of hydrogen-bond acceptors (Lipinski definition) is 6. The molecular weight excluding hydrogens is 420 g/mol. The predicted octanol–water partition coefficient (Wildman–Crippen LogP) is 4.19. The van der Waals surface area contributed by atoms with E-state index in [9.17, 15) is 4.79 Å². The third-order valence-corrected chi connectivity index (χ3v) is 5.57. The number of nitrogens with zero attached hydrogens (tertiary/aromatic N) is 5. The van der Waals surface area contributed by atoms with E-state index < -0.39 is 0 Å². The van der Waals surface area contributed by atoms with Gasteiger partial charge in [-0.15, -0.1) is 10.2 Å². The number of aryl methyl sites for hydroxylation is 2. The first-order valence-corrected chi connectivity index (χ1v) is 11.0. The van der Waals surface area contributed by atoms with Crippen molar-refractivity contribution in [2.45, 2.75) is 19.0 Å². The van der Waals surface area contributed by atoms with Gasteiger partial charge >= 0.3 is 0 Å². The Morgan fingerprint density at radius 3 is 2.41 bits per heavy atom. The minimum atomic E-state index is -0.238. The zero-order chi connectivity index (χ0) is 22.3. The van der Waals surface area contributed by atoms with E-state index in [1.165, 1.54) is 23.5 Å². The Hall–Kier alpha value is -3.78. The fraction of sp³-hybridized carbons (Fsp3) is 0.125. The van der Waals surface area contributed by atoms with Crippen LogP contribution in [0.15, 0.2) is 83.2 Å². The number of carbonyl (C=O) groups excluding carboxylic acids is 1. The molecule has 0 atom stereocenters. The quantitative estimate of drug-likeness (QED) is 0.264. The summed E-state index contributed by atoms with van der Waals surface area (Å²) in [6.07, 6.45) is 3.18. The number of thioether (sulfide) groups is 1. The van der Waals surface area contributed by atoms with Crippen LogP contribution in [0.1, 0.15) is 16.8 Å². The molecule has 0 radical (unpaired) electrons. The Kier molecular flexibility index (Phi) is 6.72. The van der Waals surface area contributed by atoms with Gasteiger partial charge in [0.2, 0.25) is 0 Å². The molecule has 1 N–H and O–H groups in total. The summed E-state index contributed by atoms with van der Waals surface area (Å²) in [4.78, 5) is 16.4. The average molecular weight is 443 g/mol. The molecule has 0 spiro atoms. The number of carbonyl (C=O) groups is 1. The molecule has 0 aliphatic rings. The van der Waals surface area contributed by atoms with Crippen molar-refractivity contribution in [3.05, 3.63) is 89.7 Å². The summed E-state index contributed by atoms with van der Waals surface area (Å²) in [6.45, 7) is 4.09. The van der Waals surface area contributed by atoms with Gasteiger partial charge < -0.3 is 0 Å². The standard InChI is InChI=1S/C24H22N6OS/c1-17-6-10-19(11-7-17)23-28-29-24(30(23)21-12-8-18(2)9-13-21)32-16-22(31)27-26-15-20-5-3-4-14-25-20/h3-15H,16H2,1-2H3,(H,27,31). The van der Waals surface area contributed by atoms with Crippen molar-refractivity contribution in [3.63, 3.8) is 0 Å². The fourth-order valence-corrected chi connectivity index (χ4v) is 3.71. The van der Waals surface area contributed by atoms with Gasteiger partial charge in [-0.2, -0.15) is 5.10 Å². The van der Waals surface area contributed by atoms with Crippen LogP contribution < -0.4 is 5.43 Å². The van der Waals surface area contributed by atoms with E-state index in [1.54, 1.807) is 12.3 Å². The van der Waals surface area contributed by atoms with Crippen molar-refractivity contribution >= 4 is 23.9 Å². The first kappa shape index (κ1) is 21.5. The first-order valence-electron chi connectivity index (χ1n) is 10.1. The van der Waals surface area contributed by atoms with E-state index in [-0.39, 0.29) is 11.7 Å². The Balaban J connectivity index is 1.53. The highest BCUT2D eigenvalue weighted by molar-refractivity contribution is 7.99. The van der Waals surface area contributed by atoms with Gasteiger partial charge in [0, 0.05) is 17.4 Å². The summed E-state index contributed by atoms with van der Waals surface area (Å²) in [5.74, 6) is 0.639. The molecule has 160 valence electrons. The minimum Gasteiger partial charge on any atom is -0.272 e. The topological polar surface area (TPSA) is 85.1 Å². The summed E-state index contributed by atoms with van der Waals surface area (Å²) in [5, 5.41) is 13.4. The van der Waals surface area contributed by atoms with E-state index >= 15 is 0 Å². The van der Waals surface area contributed by atoms with E-state index in [0.717, 1.165) is 22.6 Å². The Morgan fingerprint density at radius 2 is 1.72 bits per heavy atom. The van der Waals surface area contributed by atoms with E-state index in [1.807, 2.05) is 79.1 Å². The molecule has 32 heavy (non-hydrogen) atoms. The first-order chi connectivity index (χ1) is 15.6. The van der Waals surface area contributed by atoms with E-state index in [2.05, 4.69) is 25.7 Å². The highest BCUT2D eigenvalue weighted by Gasteiger charge is 2.17. The lowest BCUT2D eigenvalue weighted by Gasteiger charge is -2.11. The monoisotopic (exact) mass is 442 g/mol. The highest BCUT2D eigenvalue weighted by atomic mass is 32.2. The number of amides is 1. The lowest BCUT2D eigenvalue weighted by atomic mass is 10.1. The molecule has 0 aliphatic carbocycles. The Morgan fingerprint density at radius 1 is 1.00 bits per heavy atom. The van der Waals surface area contributed by atoms with Crippen LogP contribution in [-0.2, 0) is 4.79 Å². The second-order valence-electron chi connectivity index (χ2n) is 7.18. The number of nitrogens with one attached hydrogen (secondary N) is 1. The second-order valence-corrected chi connectivity index (χ2v) is 8.12. The van der Waals surface area contributed by atoms with E-state index in [4.69, 9.17) is 0 Å². The molecule has 2 heterocycles. The maximum absolute atomic E-state index is 12.3. The molecule has 7 nitrogen and oxygen atoms in total. The molecule has 8 heteroatoms. The summed E-state index contributed by atoms with van der Waals surface area (Å²) < 4.78 is 1.97. The number of hydrazone groups is 1. The molecule has 2 aromatic carbocycles. The maximum Gasteiger partial charge on any atom is 0.250 e. The fourth-order valence-electron chi connectivity index (χ4n) is 2.96. The van der Waals surface area contributed by atoms with Crippen molar-refractivity contribution < 1.29 is 4.79 Å². The van der Waals surface area contributed by atoms with Crippen LogP contribution in [0.25, 0.3) is 17.1 Å². The Labute approximate surface area is 190 Å². The SMILES string of the molecule is Cc1ccc(-c2nnc(SCC(=O)NN=Cc3ccccn3)n2-c2ccc(C)cc2)cc1. The number of rotatable bonds is 7. The van der Waals surface area contributed by atoms with Crippen LogP contribution in [0.3, 0.4) is 0 Å². The molecule has 1 amide bonds. The van der Waals surface area contributed by atoms with Crippen LogP contribution in [0.5, 0.6) is 0 Å². The van der Waals surface area contributed by atoms with Crippen molar-refractivity contribution in [1.29, 1.82) is 0 Å². The molecule has 0 bridgehead atoms. The number of benzene rings is 2. The van der Waals surface area contributed by atoms with Gasteiger partial charge in [0.05, 0.1) is 17.7 Å². The predicted molar refractivity (Wildman–Crippen MR) is 127 cm³/mol. The van der Waals surface area contributed by atoms with Gasteiger partial charge in [-0.25, -0.2) is 5.43 Å². The third-order valence-electron chi connectivity index (χ3n) is 4.64. The van der Waals surface area contributed by atoms with Crippen molar-refractivity contribution in [2.24, 2.45) is 5.10 Å². The molecule has 0 fully saturated rings. The number of hydrogen-bond donors (Lipinski definition) is 1. The molecule has 0 aliphatic heterocycles. The minimum absolute atomic E-state index is 0.150. The zero-order valence-corrected chi connectivity index (χ0v) is 18.6. The highest BCUT2D eigenvalue weighted by Crippen LogP contribution is 2.28. The summed E-state index contributed by atoms with van der Waals surface area (Å²) in [7, 11) is 0. The van der Waals surface area contributed by atoms with Crippen LogP contribution in [0.2, 0.25) is 0 Å². The van der Waals surface area contributed by atoms with Crippen molar-refractivity contribution in [1.82, 2.24) is 25.2 Å². The maximum atomic E-state index is 12.3. The smallest absolute Gasteiger partial charge is 0.250 e. The van der Waals surface area contributed by atoms with Crippen LogP contribution in [-0.4, -0.2) is 37.6 Å². The lowest BCUT2D eigenvalue weighted by molar-refractivity contribution is -0.118. The van der Waals surface area contributed by atoms with Gasteiger partial charge in [-0.1, -0.05) is 65.4 Å². The third kappa shape index (κ3) is 5.28. The molecule has 0 unspecified atom stereocenters. The summed E-state index contributed by atoms with van der Waals surface area (Å²) >= 11 is 1.31.